The number of carbonyl (C=O) groups is 1. The number of hydrogen-bond donors (Lipinski definition) is 1. The van der Waals surface area contributed by atoms with Crippen LogP contribution >= 0.6 is 33.9 Å². The Morgan fingerprint density at radius 1 is 1.42 bits per heavy atom. The lowest BCUT2D eigenvalue weighted by Crippen LogP contribution is -2.32. The predicted molar refractivity (Wildman–Crippen MR) is 89.9 cm³/mol. The first kappa shape index (κ1) is 14.3. The summed E-state index contributed by atoms with van der Waals surface area (Å²) < 4.78 is 1.11. The molecule has 100 valence electrons. The maximum atomic E-state index is 12.6. The van der Waals surface area contributed by atoms with E-state index in [0.717, 1.165) is 20.6 Å². The van der Waals surface area contributed by atoms with E-state index < -0.39 is 0 Å². The molecule has 0 bridgehead atoms. The van der Waals surface area contributed by atoms with Crippen molar-refractivity contribution in [3.63, 3.8) is 0 Å². The summed E-state index contributed by atoms with van der Waals surface area (Å²) in [7, 11) is 0. The van der Waals surface area contributed by atoms with E-state index >= 15 is 0 Å². The molecule has 1 heterocycles. The number of thiophene rings is 1. The first-order valence-corrected chi connectivity index (χ1v) is 7.99. The normalized spacial score (nSPS) is 10.4. The van der Waals surface area contributed by atoms with Crippen LogP contribution in [-0.4, -0.2) is 12.5 Å². The van der Waals surface area contributed by atoms with Gasteiger partial charge in [-0.15, -0.1) is 11.3 Å². The van der Waals surface area contributed by atoms with Gasteiger partial charge in [0.2, 0.25) is 0 Å². The van der Waals surface area contributed by atoms with Gasteiger partial charge in [0.05, 0.1) is 19.8 Å². The Morgan fingerprint density at radius 3 is 2.74 bits per heavy atom. The lowest BCUT2D eigenvalue weighted by atomic mass is 10.2. The van der Waals surface area contributed by atoms with Gasteiger partial charge >= 0.3 is 0 Å². The molecule has 1 aromatic carbocycles. The van der Waals surface area contributed by atoms with Gasteiger partial charge in [-0.2, -0.15) is 0 Å². The highest BCUT2D eigenvalue weighted by molar-refractivity contribution is 14.1. The van der Waals surface area contributed by atoms with E-state index in [1.165, 1.54) is 0 Å². The fourth-order valence-electron chi connectivity index (χ4n) is 1.87. The molecule has 0 aliphatic carbocycles. The number of benzene rings is 1. The second kappa shape index (κ2) is 6.38. The number of halogens is 1. The lowest BCUT2D eigenvalue weighted by molar-refractivity contribution is 0.0987. The van der Waals surface area contributed by atoms with E-state index in [1.54, 1.807) is 16.2 Å². The van der Waals surface area contributed by atoms with Gasteiger partial charge in [0.25, 0.3) is 5.91 Å². The maximum Gasteiger partial charge on any atom is 0.259 e. The smallest absolute Gasteiger partial charge is 0.259 e. The van der Waals surface area contributed by atoms with Crippen LogP contribution in [0.25, 0.3) is 0 Å². The third-order valence-corrected chi connectivity index (χ3v) is 4.52. The Kier molecular flexibility index (Phi) is 4.81. The monoisotopic (exact) mass is 386 g/mol. The average molecular weight is 386 g/mol. The summed E-state index contributed by atoms with van der Waals surface area (Å²) in [5.41, 5.74) is 8.13. The molecule has 2 rings (SSSR count). The van der Waals surface area contributed by atoms with Crippen LogP contribution in [0.15, 0.2) is 35.7 Å². The zero-order chi connectivity index (χ0) is 13.8. The van der Waals surface area contributed by atoms with Gasteiger partial charge in [-0.1, -0.05) is 19.1 Å². The van der Waals surface area contributed by atoms with Crippen molar-refractivity contribution >= 4 is 51.2 Å². The SMILES string of the molecule is CCCN(C(=O)c1csc(I)c1)c1ccccc1N. The van der Waals surface area contributed by atoms with Crippen molar-refractivity contribution < 1.29 is 4.79 Å². The van der Waals surface area contributed by atoms with Crippen molar-refractivity contribution in [2.75, 3.05) is 17.2 Å². The van der Waals surface area contributed by atoms with Crippen molar-refractivity contribution in [1.29, 1.82) is 0 Å². The Hall–Kier alpha value is -1.08. The number of anilines is 2. The number of nitrogen functional groups attached to an aromatic ring is 1. The molecule has 0 aliphatic heterocycles. The van der Waals surface area contributed by atoms with Crippen molar-refractivity contribution in [2.24, 2.45) is 0 Å². The maximum absolute atomic E-state index is 12.6. The Labute approximate surface area is 130 Å². The van der Waals surface area contributed by atoms with Crippen LogP contribution in [0.3, 0.4) is 0 Å². The van der Waals surface area contributed by atoms with Gasteiger partial charge in [-0.3, -0.25) is 4.79 Å². The standard InChI is InChI=1S/C14H15IN2OS/c1-2-7-17(12-6-4-3-5-11(12)16)14(18)10-8-13(15)19-9-10/h3-6,8-9H,2,7,16H2,1H3. The van der Waals surface area contributed by atoms with Crippen LogP contribution < -0.4 is 10.6 Å². The Balaban J connectivity index is 2.35. The van der Waals surface area contributed by atoms with Gasteiger partial charge < -0.3 is 10.6 Å². The van der Waals surface area contributed by atoms with Crippen LogP contribution in [0.1, 0.15) is 23.7 Å². The van der Waals surface area contributed by atoms with Gasteiger partial charge in [0, 0.05) is 11.9 Å². The van der Waals surface area contributed by atoms with Crippen LogP contribution in [0.2, 0.25) is 0 Å². The first-order valence-electron chi connectivity index (χ1n) is 6.04. The summed E-state index contributed by atoms with van der Waals surface area (Å²) >= 11 is 3.80. The molecule has 5 heteroatoms. The predicted octanol–water partition coefficient (Wildman–Crippen LogP) is 3.99. The largest absolute Gasteiger partial charge is 0.397 e. The zero-order valence-corrected chi connectivity index (χ0v) is 13.6. The quantitative estimate of drug-likeness (QED) is 0.638. The van der Waals surface area contributed by atoms with E-state index in [0.29, 0.717) is 12.2 Å². The number of carbonyl (C=O) groups excluding carboxylic acids is 1. The Morgan fingerprint density at radius 2 is 2.16 bits per heavy atom. The van der Waals surface area contributed by atoms with Gasteiger partial charge in [-0.05, 0) is 47.2 Å². The summed E-state index contributed by atoms with van der Waals surface area (Å²) in [5, 5.41) is 1.89. The van der Waals surface area contributed by atoms with E-state index in [2.05, 4.69) is 29.5 Å². The van der Waals surface area contributed by atoms with E-state index in [1.807, 2.05) is 35.7 Å². The summed E-state index contributed by atoms with van der Waals surface area (Å²) in [6.07, 6.45) is 0.890. The van der Waals surface area contributed by atoms with Crippen molar-refractivity contribution in [3.05, 3.63) is 44.2 Å². The summed E-state index contributed by atoms with van der Waals surface area (Å²) in [4.78, 5) is 14.3. The summed E-state index contributed by atoms with van der Waals surface area (Å²) in [6.45, 7) is 2.72. The fraction of sp³-hybridized carbons (Fsp3) is 0.214. The minimum Gasteiger partial charge on any atom is -0.397 e. The second-order valence-electron chi connectivity index (χ2n) is 4.16. The molecule has 19 heavy (non-hydrogen) atoms. The number of nitrogens with zero attached hydrogens (tertiary/aromatic N) is 1. The molecule has 0 unspecified atom stereocenters. The van der Waals surface area contributed by atoms with Crippen molar-refractivity contribution in [2.45, 2.75) is 13.3 Å². The highest BCUT2D eigenvalue weighted by Gasteiger charge is 2.19. The van der Waals surface area contributed by atoms with E-state index in [9.17, 15) is 4.79 Å². The molecule has 0 saturated carbocycles. The third kappa shape index (κ3) is 3.27. The van der Waals surface area contributed by atoms with Crippen LogP contribution in [0, 0.1) is 2.88 Å². The average Bonchev–Trinajstić information content (AvgIpc) is 2.83. The fourth-order valence-corrected chi connectivity index (χ4v) is 3.19. The summed E-state index contributed by atoms with van der Waals surface area (Å²) in [5.74, 6) is 0.0129. The molecular formula is C14H15IN2OS. The van der Waals surface area contributed by atoms with Gasteiger partial charge in [0.15, 0.2) is 0 Å². The topological polar surface area (TPSA) is 46.3 Å². The molecule has 0 fully saturated rings. The number of amides is 1. The molecule has 2 aromatic rings. The van der Waals surface area contributed by atoms with E-state index in [4.69, 9.17) is 5.73 Å². The van der Waals surface area contributed by atoms with Gasteiger partial charge in [-0.25, -0.2) is 0 Å². The first-order chi connectivity index (χ1) is 9.13. The summed E-state index contributed by atoms with van der Waals surface area (Å²) in [6, 6.07) is 9.40. The third-order valence-electron chi connectivity index (χ3n) is 2.73. The molecule has 1 aromatic heterocycles. The van der Waals surface area contributed by atoms with Crippen LogP contribution in [0.4, 0.5) is 11.4 Å². The number of para-hydroxylation sites is 2. The molecular weight excluding hydrogens is 371 g/mol. The second-order valence-corrected chi connectivity index (χ2v) is 6.96. The molecule has 0 saturated heterocycles. The van der Waals surface area contributed by atoms with E-state index in [-0.39, 0.29) is 5.91 Å². The number of nitrogens with two attached hydrogens (primary N) is 1. The van der Waals surface area contributed by atoms with Gasteiger partial charge in [0.1, 0.15) is 0 Å². The van der Waals surface area contributed by atoms with Crippen LogP contribution in [0.5, 0.6) is 0 Å². The highest BCUT2D eigenvalue weighted by atomic mass is 127. The molecule has 1 amide bonds. The van der Waals surface area contributed by atoms with Crippen molar-refractivity contribution in [3.8, 4) is 0 Å². The molecule has 0 aliphatic rings. The minimum atomic E-state index is 0.0129. The van der Waals surface area contributed by atoms with Crippen LogP contribution in [-0.2, 0) is 0 Å². The lowest BCUT2D eigenvalue weighted by Gasteiger charge is -2.23. The highest BCUT2D eigenvalue weighted by Crippen LogP contribution is 2.26. The molecule has 2 N–H and O–H groups in total. The molecule has 0 atom stereocenters. The molecule has 3 nitrogen and oxygen atoms in total. The number of hydrogen-bond acceptors (Lipinski definition) is 3. The number of rotatable bonds is 4. The Bertz CT molecular complexity index is 582. The molecule has 0 radical (unpaired) electrons. The minimum absolute atomic E-state index is 0.0129. The van der Waals surface area contributed by atoms with Crippen molar-refractivity contribution in [1.82, 2.24) is 0 Å². The molecule has 0 spiro atoms. The zero-order valence-electron chi connectivity index (χ0n) is 10.6.